The maximum absolute atomic E-state index is 11.5. The van der Waals surface area contributed by atoms with Crippen molar-refractivity contribution in [3.05, 3.63) is 35.9 Å². The summed E-state index contributed by atoms with van der Waals surface area (Å²) in [4.78, 5) is 21.8. The molecule has 0 spiro atoms. The minimum atomic E-state index is -1.02. The number of carbonyl (C=O) groups excluding carboxylic acids is 1. The van der Waals surface area contributed by atoms with Gasteiger partial charge < -0.3 is 10.4 Å². The normalized spacial score (nSPS) is 9.71. The van der Waals surface area contributed by atoms with E-state index in [1.807, 2.05) is 30.3 Å². The molecule has 92 valence electrons. The molecule has 0 atom stereocenters. The Labute approximate surface area is 99.2 Å². The van der Waals surface area contributed by atoms with Crippen molar-refractivity contribution >= 4 is 12.0 Å². The lowest BCUT2D eigenvalue weighted by molar-refractivity contribution is -0.136. The van der Waals surface area contributed by atoms with Crippen molar-refractivity contribution in [1.82, 2.24) is 15.8 Å². The number of carboxylic acid groups (broad SMARTS) is 1. The zero-order valence-electron chi connectivity index (χ0n) is 9.51. The fourth-order valence-corrected chi connectivity index (χ4v) is 1.15. The first kappa shape index (κ1) is 13.0. The van der Waals surface area contributed by atoms with Crippen molar-refractivity contribution in [1.29, 1.82) is 0 Å². The molecular weight excluding hydrogens is 222 g/mol. The lowest BCUT2D eigenvalue weighted by Gasteiger charge is -2.17. The molecule has 0 aliphatic heterocycles. The first-order chi connectivity index (χ1) is 8.09. The molecular formula is C11H15N3O3. The number of rotatable bonds is 5. The highest BCUT2D eigenvalue weighted by Gasteiger charge is 2.08. The van der Waals surface area contributed by atoms with E-state index in [1.54, 1.807) is 0 Å². The zero-order chi connectivity index (χ0) is 12.7. The predicted molar refractivity (Wildman–Crippen MR) is 62.1 cm³/mol. The summed E-state index contributed by atoms with van der Waals surface area (Å²) in [6.07, 6.45) is 0. The fraction of sp³-hybridized carbons (Fsp3) is 0.273. The summed E-state index contributed by atoms with van der Waals surface area (Å²) in [5, 5.41) is 12.2. The van der Waals surface area contributed by atoms with E-state index in [0.717, 1.165) is 10.6 Å². The van der Waals surface area contributed by atoms with Crippen LogP contribution in [0, 0.1) is 0 Å². The van der Waals surface area contributed by atoms with E-state index < -0.39 is 5.97 Å². The first-order valence-corrected chi connectivity index (χ1v) is 5.10. The summed E-state index contributed by atoms with van der Waals surface area (Å²) >= 11 is 0. The van der Waals surface area contributed by atoms with Gasteiger partial charge in [-0.25, -0.2) is 10.2 Å². The van der Waals surface area contributed by atoms with Crippen LogP contribution in [0.1, 0.15) is 5.56 Å². The number of nitrogens with zero attached hydrogens (tertiary/aromatic N) is 1. The Kier molecular flexibility index (Phi) is 4.96. The van der Waals surface area contributed by atoms with Gasteiger partial charge in [-0.3, -0.25) is 9.80 Å². The molecule has 0 saturated heterocycles. The van der Waals surface area contributed by atoms with E-state index in [9.17, 15) is 9.59 Å². The number of urea groups is 1. The number of carbonyl (C=O) groups is 2. The number of hydrogen-bond donors (Lipinski definition) is 3. The Balaban J connectivity index is 2.32. The third-order valence-electron chi connectivity index (χ3n) is 2.06. The maximum Gasteiger partial charge on any atom is 0.331 e. The van der Waals surface area contributed by atoms with Gasteiger partial charge in [-0.2, -0.15) is 0 Å². The van der Waals surface area contributed by atoms with Crippen LogP contribution in [0.15, 0.2) is 30.3 Å². The van der Waals surface area contributed by atoms with Crippen molar-refractivity contribution in [3.8, 4) is 0 Å². The first-order valence-electron chi connectivity index (χ1n) is 5.10. The topological polar surface area (TPSA) is 81.7 Å². The molecule has 0 bridgehead atoms. The van der Waals surface area contributed by atoms with E-state index in [1.165, 1.54) is 7.05 Å². The third kappa shape index (κ3) is 4.98. The van der Waals surface area contributed by atoms with Crippen LogP contribution in [0.3, 0.4) is 0 Å². The van der Waals surface area contributed by atoms with Crippen molar-refractivity contribution in [3.63, 3.8) is 0 Å². The van der Waals surface area contributed by atoms with Crippen LogP contribution in [-0.2, 0) is 11.3 Å². The predicted octanol–water partition coefficient (Wildman–Crippen LogP) is 0.417. The molecule has 1 aromatic carbocycles. The van der Waals surface area contributed by atoms with Crippen LogP contribution in [0.2, 0.25) is 0 Å². The van der Waals surface area contributed by atoms with Gasteiger partial charge in [0, 0.05) is 13.6 Å². The summed E-state index contributed by atoms with van der Waals surface area (Å²) < 4.78 is 0. The van der Waals surface area contributed by atoms with Gasteiger partial charge in [0.15, 0.2) is 0 Å². The van der Waals surface area contributed by atoms with Crippen LogP contribution in [-0.4, -0.2) is 35.7 Å². The number of hydrazine groups is 1. The second-order valence-electron chi connectivity index (χ2n) is 3.43. The van der Waals surface area contributed by atoms with E-state index in [-0.39, 0.29) is 12.6 Å². The summed E-state index contributed by atoms with van der Waals surface area (Å²) in [7, 11) is 1.46. The van der Waals surface area contributed by atoms with Gasteiger partial charge in [-0.15, -0.1) is 0 Å². The van der Waals surface area contributed by atoms with Gasteiger partial charge >= 0.3 is 12.0 Å². The van der Waals surface area contributed by atoms with Gasteiger partial charge in [0.05, 0.1) is 0 Å². The molecule has 0 heterocycles. The van der Waals surface area contributed by atoms with E-state index in [0.29, 0.717) is 6.54 Å². The summed E-state index contributed by atoms with van der Waals surface area (Å²) in [6, 6.07) is 9.07. The van der Waals surface area contributed by atoms with Crippen LogP contribution >= 0.6 is 0 Å². The monoisotopic (exact) mass is 237 g/mol. The molecule has 0 aliphatic rings. The van der Waals surface area contributed by atoms with Crippen molar-refractivity contribution < 1.29 is 14.7 Å². The molecule has 0 unspecified atom stereocenters. The average Bonchev–Trinajstić information content (AvgIpc) is 2.34. The fourth-order valence-electron chi connectivity index (χ4n) is 1.15. The summed E-state index contributed by atoms with van der Waals surface area (Å²) in [5.41, 5.74) is 3.42. The molecule has 2 amide bonds. The molecule has 0 saturated carbocycles. The standard InChI is InChI=1S/C11H15N3O3/c1-14(13-8-10(15)16)11(17)12-7-9-5-3-2-4-6-9/h2-6,13H,7-8H2,1H3,(H,12,17)(H,15,16). The van der Waals surface area contributed by atoms with Crippen LogP contribution in [0.5, 0.6) is 0 Å². The Bertz CT molecular complexity index is 381. The quantitative estimate of drug-likeness (QED) is 0.648. The van der Waals surface area contributed by atoms with Gasteiger partial charge in [0.25, 0.3) is 0 Å². The maximum atomic E-state index is 11.5. The molecule has 6 nitrogen and oxygen atoms in total. The van der Waals surface area contributed by atoms with Crippen LogP contribution in [0.4, 0.5) is 4.79 Å². The van der Waals surface area contributed by atoms with Gasteiger partial charge in [-0.05, 0) is 5.56 Å². The van der Waals surface area contributed by atoms with E-state index >= 15 is 0 Å². The van der Waals surface area contributed by atoms with Crippen molar-refractivity contribution in [2.24, 2.45) is 0 Å². The number of carboxylic acids is 1. The molecule has 6 heteroatoms. The van der Waals surface area contributed by atoms with Gasteiger partial charge in [0.1, 0.15) is 6.54 Å². The number of aliphatic carboxylic acids is 1. The molecule has 0 aliphatic carbocycles. The molecule has 17 heavy (non-hydrogen) atoms. The van der Waals surface area contributed by atoms with Gasteiger partial charge in [-0.1, -0.05) is 30.3 Å². The van der Waals surface area contributed by atoms with Crippen molar-refractivity contribution in [2.45, 2.75) is 6.54 Å². The highest BCUT2D eigenvalue weighted by atomic mass is 16.4. The second-order valence-corrected chi connectivity index (χ2v) is 3.43. The molecule has 3 N–H and O–H groups in total. The molecule has 0 radical (unpaired) electrons. The lowest BCUT2D eigenvalue weighted by atomic mass is 10.2. The van der Waals surface area contributed by atoms with E-state index in [4.69, 9.17) is 5.11 Å². The average molecular weight is 237 g/mol. The Hall–Kier alpha value is -2.08. The smallest absolute Gasteiger partial charge is 0.331 e. The molecule has 0 aromatic heterocycles. The largest absolute Gasteiger partial charge is 0.480 e. The minimum absolute atomic E-state index is 0.296. The molecule has 0 fully saturated rings. The zero-order valence-corrected chi connectivity index (χ0v) is 9.51. The highest BCUT2D eigenvalue weighted by molar-refractivity contribution is 5.74. The number of benzene rings is 1. The summed E-state index contributed by atoms with van der Waals surface area (Å²) in [5.74, 6) is -1.02. The van der Waals surface area contributed by atoms with Crippen molar-refractivity contribution in [2.75, 3.05) is 13.6 Å². The number of hydrogen-bond acceptors (Lipinski definition) is 3. The highest BCUT2D eigenvalue weighted by Crippen LogP contribution is 1.97. The number of nitrogens with one attached hydrogen (secondary N) is 2. The third-order valence-corrected chi connectivity index (χ3v) is 2.06. The second kappa shape index (κ2) is 6.49. The SMILES string of the molecule is CN(NCC(=O)O)C(=O)NCc1ccccc1. The molecule has 1 rings (SSSR count). The lowest BCUT2D eigenvalue weighted by Crippen LogP contribution is -2.47. The summed E-state index contributed by atoms with van der Waals surface area (Å²) in [6.45, 7) is 0.105. The van der Waals surface area contributed by atoms with Crippen LogP contribution in [0.25, 0.3) is 0 Å². The van der Waals surface area contributed by atoms with Gasteiger partial charge in [0.2, 0.25) is 0 Å². The van der Waals surface area contributed by atoms with Crippen LogP contribution < -0.4 is 10.7 Å². The minimum Gasteiger partial charge on any atom is -0.480 e. The Morgan fingerprint density at radius 1 is 1.29 bits per heavy atom. The number of amides is 2. The Morgan fingerprint density at radius 3 is 2.53 bits per heavy atom. The Morgan fingerprint density at radius 2 is 1.94 bits per heavy atom. The van der Waals surface area contributed by atoms with E-state index in [2.05, 4.69) is 10.7 Å². The molecule has 1 aromatic rings.